The molecule has 1 amide bonds. The van der Waals surface area contributed by atoms with Crippen LogP contribution in [0.25, 0.3) is 11.1 Å². The summed E-state index contributed by atoms with van der Waals surface area (Å²) in [7, 11) is -2.18. The van der Waals surface area contributed by atoms with Gasteiger partial charge in [-0.1, -0.05) is 0 Å². The number of carbonyl (C=O) groups excluding carboxylic acids is 1. The largest absolute Gasteiger partial charge is 0.453 e. The monoisotopic (exact) mass is 349 g/mol. The second-order valence-electron chi connectivity index (χ2n) is 5.45. The maximum absolute atomic E-state index is 12.5. The van der Waals surface area contributed by atoms with E-state index in [0.717, 1.165) is 0 Å². The maximum Gasteiger partial charge on any atom is 0.412 e. The first kappa shape index (κ1) is 17.9. The van der Waals surface area contributed by atoms with Gasteiger partial charge in [0.05, 0.1) is 22.9 Å². The van der Waals surface area contributed by atoms with Gasteiger partial charge in [0.25, 0.3) is 0 Å². The minimum absolute atomic E-state index is 0.203. The van der Waals surface area contributed by atoms with Crippen LogP contribution in [0.1, 0.15) is 19.5 Å². The lowest BCUT2D eigenvalue weighted by Gasteiger charge is -2.12. The number of nitrogens with one attached hydrogen (secondary N) is 1. The number of anilines is 1. The van der Waals surface area contributed by atoms with Crippen molar-refractivity contribution in [3.8, 4) is 11.1 Å². The summed E-state index contributed by atoms with van der Waals surface area (Å²) in [6.45, 7) is 4.92. The van der Waals surface area contributed by atoms with E-state index in [1.165, 1.54) is 13.3 Å². The fourth-order valence-corrected chi connectivity index (χ4v) is 3.31. The lowest BCUT2D eigenvalue weighted by atomic mass is 10.1. The van der Waals surface area contributed by atoms with Gasteiger partial charge >= 0.3 is 6.09 Å². The summed E-state index contributed by atoms with van der Waals surface area (Å²) >= 11 is 0. The number of pyridine rings is 2. The van der Waals surface area contributed by atoms with Gasteiger partial charge in [-0.05, 0) is 44.5 Å². The molecule has 0 saturated heterocycles. The Morgan fingerprint density at radius 3 is 2.54 bits per heavy atom. The summed E-state index contributed by atoms with van der Waals surface area (Å²) in [6, 6.07) is 4.92. The molecular weight excluding hydrogens is 330 g/mol. The second kappa shape index (κ2) is 6.96. The molecule has 0 saturated carbocycles. The first-order chi connectivity index (χ1) is 11.3. The molecule has 2 rings (SSSR count). The number of hydrogen-bond donors (Lipinski definition) is 1. The smallest absolute Gasteiger partial charge is 0.412 e. The fraction of sp³-hybridized carbons (Fsp3) is 0.312. The van der Waals surface area contributed by atoms with Gasteiger partial charge in [-0.25, -0.2) is 18.2 Å². The first-order valence-corrected chi connectivity index (χ1v) is 8.82. The number of amides is 1. The van der Waals surface area contributed by atoms with Crippen LogP contribution in [-0.4, -0.2) is 36.8 Å². The molecule has 0 aliphatic carbocycles. The van der Waals surface area contributed by atoms with Gasteiger partial charge in [-0.3, -0.25) is 10.3 Å². The Morgan fingerprint density at radius 1 is 1.21 bits per heavy atom. The van der Waals surface area contributed by atoms with E-state index in [1.54, 1.807) is 45.2 Å². The number of ether oxygens (including phenoxy) is 1. The van der Waals surface area contributed by atoms with Crippen molar-refractivity contribution in [2.24, 2.45) is 0 Å². The molecule has 128 valence electrons. The van der Waals surface area contributed by atoms with E-state index in [4.69, 9.17) is 0 Å². The zero-order valence-electron chi connectivity index (χ0n) is 13.9. The summed E-state index contributed by atoms with van der Waals surface area (Å²) in [5.74, 6) is 0.299. The minimum Gasteiger partial charge on any atom is -0.453 e. The molecule has 0 aliphatic heterocycles. The van der Waals surface area contributed by atoms with Crippen LogP contribution >= 0.6 is 0 Å². The maximum atomic E-state index is 12.5. The van der Waals surface area contributed by atoms with E-state index in [9.17, 15) is 13.2 Å². The Hall–Kier alpha value is -2.48. The number of carbonyl (C=O) groups is 1. The first-order valence-electron chi connectivity index (χ1n) is 7.27. The number of hydrogen-bond acceptors (Lipinski definition) is 6. The van der Waals surface area contributed by atoms with E-state index < -0.39 is 21.2 Å². The van der Waals surface area contributed by atoms with Gasteiger partial charge in [-0.15, -0.1) is 0 Å². The van der Waals surface area contributed by atoms with Crippen molar-refractivity contribution in [3.05, 3.63) is 36.3 Å². The van der Waals surface area contributed by atoms with Crippen LogP contribution in [0.4, 0.5) is 10.6 Å². The van der Waals surface area contributed by atoms with Crippen molar-refractivity contribution in [2.45, 2.75) is 30.9 Å². The Morgan fingerprint density at radius 2 is 1.92 bits per heavy atom. The van der Waals surface area contributed by atoms with Gasteiger partial charge < -0.3 is 4.74 Å². The van der Waals surface area contributed by atoms with Crippen molar-refractivity contribution in [1.82, 2.24) is 9.97 Å². The predicted molar refractivity (Wildman–Crippen MR) is 90.6 cm³/mol. The molecule has 1 N–H and O–H groups in total. The molecule has 0 radical (unpaired) electrons. The van der Waals surface area contributed by atoms with Crippen LogP contribution < -0.4 is 5.32 Å². The highest BCUT2D eigenvalue weighted by Gasteiger charge is 2.22. The van der Waals surface area contributed by atoms with Crippen LogP contribution in [0.15, 0.2) is 35.5 Å². The highest BCUT2D eigenvalue weighted by molar-refractivity contribution is 7.92. The van der Waals surface area contributed by atoms with Gasteiger partial charge in [0.15, 0.2) is 9.84 Å². The molecule has 0 unspecified atom stereocenters. The highest BCUT2D eigenvalue weighted by atomic mass is 32.2. The van der Waals surface area contributed by atoms with Gasteiger partial charge in [-0.2, -0.15) is 0 Å². The van der Waals surface area contributed by atoms with Gasteiger partial charge in [0.1, 0.15) is 5.82 Å². The zero-order chi connectivity index (χ0) is 17.9. The number of sulfone groups is 1. The SMILES string of the molecule is COC(=O)Nc1cc(-c2cnc(C)c(S(=O)(=O)C(C)C)c2)ccn1. The van der Waals surface area contributed by atoms with E-state index in [2.05, 4.69) is 20.0 Å². The fourth-order valence-electron chi connectivity index (χ4n) is 2.05. The predicted octanol–water partition coefficient (Wildman–Crippen LogP) is 2.81. The van der Waals surface area contributed by atoms with E-state index in [0.29, 0.717) is 22.6 Å². The Balaban J connectivity index is 2.47. The minimum atomic E-state index is -3.44. The summed E-state index contributed by atoms with van der Waals surface area (Å²) in [4.78, 5) is 19.7. The molecule has 0 atom stereocenters. The summed E-state index contributed by atoms with van der Waals surface area (Å²) in [5.41, 5.74) is 1.76. The molecule has 0 aromatic carbocycles. The average Bonchev–Trinajstić information content (AvgIpc) is 2.55. The molecule has 0 bridgehead atoms. The molecule has 0 spiro atoms. The van der Waals surface area contributed by atoms with Crippen LogP contribution in [0.3, 0.4) is 0 Å². The lowest BCUT2D eigenvalue weighted by Crippen LogP contribution is -2.16. The number of methoxy groups -OCH3 is 1. The van der Waals surface area contributed by atoms with Crippen LogP contribution in [0.2, 0.25) is 0 Å². The number of nitrogens with zero attached hydrogens (tertiary/aromatic N) is 2. The van der Waals surface area contributed by atoms with Crippen LogP contribution in [0.5, 0.6) is 0 Å². The van der Waals surface area contributed by atoms with Crippen molar-refractivity contribution in [1.29, 1.82) is 0 Å². The summed E-state index contributed by atoms with van der Waals surface area (Å²) < 4.78 is 29.4. The third-order valence-electron chi connectivity index (χ3n) is 3.48. The van der Waals surface area contributed by atoms with Crippen molar-refractivity contribution < 1.29 is 17.9 Å². The molecule has 2 aromatic rings. The van der Waals surface area contributed by atoms with Crippen LogP contribution in [0, 0.1) is 6.92 Å². The summed E-state index contributed by atoms with van der Waals surface area (Å²) in [6.07, 6.45) is 2.47. The Labute approximate surface area is 141 Å². The Bertz CT molecular complexity index is 863. The summed E-state index contributed by atoms with van der Waals surface area (Å²) in [5, 5.41) is 1.93. The average molecular weight is 349 g/mol. The molecule has 0 aliphatic rings. The topological polar surface area (TPSA) is 98.2 Å². The van der Waals surface area contributed by atoms with E-state index in [-0.39, 0.29) is 4.90 Å². The lowest BCUT2D eigenvalue weighted by molar-refractivity contribution is 0.187. The number of aromatic nitrogens is 2. The molecule has 8 heteroatoms. The van der Waals surface area contributed by atoms with Gasteiger partial charge in [0.2, 0.25) is 0 Å². The normalized spacial score (nSPS) is 11.4. The molecule has 0 fully saturated rings. The highest BCUT2D eigenvalue weighted by Crippen LogP contribution is 2.26. The molecule has 2 heterocycles. The quantitative estimate of drug-likeness (QED) is 0.911. The van der Waals surface area contributed by atoms with Crippen LogP contribution in [-0.2, 0) is 14.6 Å². The van der Waals surface area contributed by atoms with Gasteiger partial charge in [0, 0.05) is 18.0 Å². The van der Waals surface area contributed by atoms with Crippen molar-refractivity contribution in [3.63, 3.8) is 0 Å². The number of rotatable bonds is 4. The zero-order valence-corrected chi connectivity index (χ0v) is 14.7. The molecule has 7 nitrogen and oxygen atoms in total. The second-order valence-corrected chi connectivity index (χ2v) is 7.92. The van der Waals surface area contributed by atoms with Crippen molar-refractivity contribution in [2.75, 3.05) is 12.4 Å². The number of aryl methyl sites for hydroxylation is 1. The van der Waals surface area contributed by atoms with E-state index in [1.807, 2.05) is 0 Å². The Kier molecular flexibility index (Phi) is 5.18. The molecule has 24 heavy (non-hydrogen) atoms. The molecular formula is C16H19N3O4S. The van der Waals surface area contributed by atoms with Crippen molar-refractivity contribution >= 4 is 21.7 Å². The van der Waals surface area contributed by atoms with E-state index >= 15 is 0 Å². The third-order valence-corrected chi connectivity index (χ3v) is 5.74. The standard InChI is InChI=1S/C16H19N3O4S/c1-10(2)24(21,22)14-7-13(9-18-11(14)3)12-5-6-17-15(8-12)19-16(20)23-4/h5-10H,1-4H3,(H,17,19,20). The third kappa shape index (κ3) is 3.70. The molecule has 2 aromatic heterocycles.